The van der Waals surface area contributed by atoms with Crippen LogP contribution in [0.3, 0.4) is 0 Å². The minimum Gasteiger partial charge on any atom is -0.393 e. The zero-order valence-corrected chi connectivity index (χ0v) is 12.8. The Bertz CT molecular complexity index is 759. The highest BCUT2D eigenvalue weighted by molar-refractivity contribution is 7.89. The lowest BCUT2D eigenvalue weighted by Gasteiger charge is -2.15. The number of rotatable bonds is 4. The van der Waals surface area contributed by atoms with Gasteiger partial charge in [0.05, 0.1) is 16.5 Å². The number of halogens is 1. The number of sulfonamides is 1. The Labute approximate surface area is 127 Å². The highest BCUT2D eigenvalue weighted by Gasteiger charge is 2.28. The molecule has 0 amide bonds. The number of pyridine rings is 1. The summed E-state index contributed by atoms with van der Waals surface area (Å²) in [6.07, 6.45) is 4.96. The Kier molecular flexibility index (Phi) is 3.92. The Morgan fingerprint density at radius 2 is 2.29 bits per heavy atom. The molecule has 1 saturated carbocycles. The van der Waals surface area contributed by atoms with Crippen molar-refractivity contribution in [2.24, 2.45) is 5.92 Å². The Hall–Kier alpha value is -1.15. The smallest absolute Gasteiger partial charge is 0.242 e. The molecule has 2 unspecified atom stereocenters. The predicted molar refractivity (Wildman–Crippen MR) is 79.6 cm³/mol. The van der Waals surface area contributed by atoms with E-state index < -0.39 is 16.1 Å². The van der Waals surface area contributed by atoms with Gasteiger partial charge in [0.15, 0.2) is 0 Å². The van der Waals surface area contributed by atoms with E-state index in [2.05, 4.69) is 14.7 Å². The summed E-state index contributed by atoms with van der Waals surface area (Å²) in [5.74, 6) is -0.0291. The zero-order valence-electron chi connectivity index (χ0n) is 11.2. The topological polar surface area (TPSA) is 95.1 Å². The summed E-state index contributed by atoms with van der Waals surface area (Å²) in [7, 11) is -3.69. The minimum atomic E-state index is -3.69. The number of nitrogens with one attached hydrogen (secondary N) is 2. The van der Waals surface area contributed by atoms with Crippen LogP contribution >= 0.6 is 11.6 Å². The lowest BCUT2D eigenvalue weighted by molar-refractivity contribution is 0.134. The van der Waals surface area contributed by atoms with Gasteiger partial charge in [0.1, 0.15) is 10.5 Å². The van der Waals surface area contributed by atoms with E-state index in [-0.39, 0.29) is 17.4 Å². The standard InChI is InChI=1S/C13H16ClN3O3S/c14-9-4-5-15-13-12(9)11(7-16-13)21(19,20)17-6-8-2-1-3-10(8)18/h4-5,7-8,10,17-18H,1-3,6H2,(H,15,16). The number of hydrogen-bond acceptors (Lipinski definition) is 4. The van der Waals surface area contributed by atoms with Crippen LogP contribution in [0.4, 0.5) is 0 Å². The highest BCUT2D eigenvalue weighted by Crippen LogP contribution is 2.29. The fourth-order valence-corrected chi connectivity index (χ4v) is 4.33. The fraction of sp³-hybridized carbons (Fsp3) is 0.462. The van der Waals surface area contributed by atoms with Gasteiger partial charge in [-0.3, -0.25) is 0 Å². The van der Waals surface area contributed by atoms with E-state index in [1.165, 1.54) is 12.4 Å². The van der Waals surface area contributed by atoms with Crippen molar-refractivity contribution in [2.75, 3.05) is 6.54 Å². The summed E-state index contributed by atoms with van der Waals surface area (Å²) in [5.41, 5.74) is 0.434. The number of aliphatic hydroxyl groups is 1. The molecule has 3 rings (SSSR count). The van der Waals surface area contributed by atoms with Gasteiger partial charge in [-0.25, -0.2) is 18.1 Å². The van der Waals surface area contributed by atoms with Crippen LogP contribution < -0.4 is 4.72 Å². The van der Waals surface area contributed by atoms with Crippen LogP contribution in [0.15, 0.2) is 23.4 Å². The third kappa shape index (κ3) is 2.78. The molecular weight excluding hydrogens is 314 g/mol. The molecule has 6 nitrogen and oxygen atoms in total. The molecule has 0 aromatic carbocycles. The number of H-pyrrole nitrogens is 1. The highest BCUT2D eigenvalue weighted by atomic mass is 35.5. The van der Waals surface area contributed by atoms with Gasteiger partial charge in [0, 0.05) is 18.9 Å². The molecule has 2 atom stereocenters. The molecule has 114 valence electrons. The molecular formula is C13H16ClN3O3S. The van der Waals surface area contributed by atoms with Crippen molar-refractivity contribution >= 4 is 32.7 Å². The summed E-state index contributed by atoms with van der Waals surface area (Å²) in [4.78, 5) is 6.95. The fourth-order valence-electron chi connectivity index (χ4n) is 2.75. The number of aromatic amines is 1. The van der Waals surface area contributed by atoms with E-state index in [4.69, 9.17) is 11.6 Å². The molecule has 21 heavy (non-hydrogen) atoms. The first-order valence-electron chi connectivity index (χ1n) is 6.78. The number of hydrogen-bond donors (Lipinski definition) is 3. The normalized spacial score (nSPS) is 23.0. The molecule has 0 aliphatic heterocycles. The molecule has 1 aliphatic carbocycles. The minimum absolute atomic E-state index is 0.0291. The molecule has 1 aliphatic rings. The molecule has 2 aromatic heterocycles. The maximum Gasteiger partial charge on any atom is 0.242 e. The van der Waals surface area contributed by atoms with Crippen molar-refractivity contribution < 1.29 is 13.5 Å². The van der Waals surface area contributed by atoms with E-state index >= 15 is 0 Å². The van der Waals surface area contributed by atoms with Gasteiger partial charge in [-0.05, 0) is 24.8 Å². The third-order valence-electron chi connectivity index (χ3n) is 3.93. The van der Waals surface area contributed by atoms with Crippen LogP contribution in [0.2, 0.25) is 5.02 Å². The largest absolute Gasteiger partial charge is 0.393 e. The number of aliphatic hydroxyl groups excluding tert-OH is 1. The van der Waals surface area contributed by atoms with E-state index in [0.29, 0.717) is 16.1 Å². The second-order valence-corrected chi connectivity index (χ2v) is 7.42. The van der Waals surface area contributed by atoms with Crippen LogP contribution in [0.1, 0.15) is 19.3 Å². The molecule has 0 radical (unpaired) electrons. The Morgan fingerprint density at radius 1 is 1.48 bits per heavy atom. The molecule has 3 N–H and O–H groups in total. The summed E-state index contributed by atoms with van der Waals surface area (Å²) < 4.78 is 27.4. The number of fused-ring (bicyclic) bond motifs is 1. The summed E-state index contributed by atoms with van der Waals surface area (Å²) >= 11 is 6.07. The van der Waals surface area contributed by atoms with Gasteiger partial charge in [-0.1, -0.05) is 18.0 Å². The van der Waals surface area contributed by atoms with Crippen molar-refractivity contribution in [2.45, 2.75) is 30.3 Å². The summed E-state index contributed by atoms with van der Waals surface area (Å²) in [6, 6.07) is 1.55. The lowest BCUT2D eigenvalue weighted by Crippen LogP contribution is -2.32. The van der Waals surface area contributed by atoms with Crippen molar-refractivity contribution in [3.63, 3.8) is 0 Å². The van der Waals surface area contributed by atoms with Crippen LogP contribution in [0.5, 0.6) is 0 Å². The average molecular weight is 330 g/mol. The van der Waals surface area contributed by atoms with E-state index in [9.17, 15) is 13.5 Å². The first-order valence-corrected chi connectivity index (χ1v) is 8.64. The quantitative estimate of drug-likeness (QED) is 0.795. The van der Waals surface area contributed by atoms with Gasteiger partial charge in [0.2, 0.25) is 10.0 Å². The van der Waals surface area contributed by atoms with Crippen LogP contribution in [0, 0.1) is 5.92 Å². The van der Waals surface area contributed by atoms with E-state index in [0.717, 1.165) is 19.3 Å². The van der Waals surface area contributed by atoms with E-state index in [1.807, 2.05) is 0 Å². The van der Waals surface area contributed by atoms with Crippen molar-refractivity contribution in [3.8, 4) is 0 Å². The van der Waals surface area contributed by atoms with Crippen molar-refractivity contribution in [1.82, 2.24) is 14.7 Å². The zero-order chi connectivity index (χ0) is 15.0. The van der Waals surface area contributed by atoms with Crippen LogP contribution in [-0.4, -0.2) is 36.1 Å². The summed E-state index contributed by atoms with van der Waals surface area (Å²) in [5, 5.41) is 10.5. The van der Waals surface area contributed by atoms with Gasteiger partial charge >= 0.3 is 0 Å². The third-order valence-corrected chi connectivity index (χ3v) is 5.69. The van der Waals surface area contributed by atoms with Gasteiger partial charge in [-0.15, -0.1) is 0 Å². The molecule has 8 heteroatoms. The van der Waals surface area contributed by atoms with Crippen molar-refractivity contribution in [3.05, 3.63) is 23.5 Å². The Balaban J connectivity index is 1.86. The maximum absolute atomic E-state index is 12.4. The van der Waals surface area contributed by atoms with Gasteiger partial charge in [-0.2, -0.15) is 0 Å². The summed E-state index contributed by atoms with van der Waals surface area (Å²) in [6.45, 7) is 0.230. The average Bonchev–Trinajstić information content (AvgIpc) is 3.04. The van der Waals surface area contributed by atoms with Gasteiger partial charge < -0.3 is 10.1 Å². The Morgan fingerprint density at radius 3 is 3.00 bits per heavy atom. The van der Waals surface area contributed by atoms with E-state index in [1.54, 1.807) is 6.07 Å². The second-order valence-electron chi connectivity index (χ2n) is 5.28. The maximum atomic E-state index is 12.4. The SMILES string of the molecule is O=S(=O)(NCC1CCCC1O)c1c[nH]c2nccc(Cl)c12. The molecule has 0 saturated heterocycles. The first-order chi connectivity index (χ1) is 9.99. The lowest BCUT2D eigenvalue weighted by atomic mass is 10.1. The monoisotopic (exact) mass is 329 g/mol. The molecule has 0 bridgehead atoms. The van der Waals surface area contributed by atoms with Crippen molar-refractivity contribution in [1.29, 1.82) is 0 Å². The first kappa shape index (κ1) is 14.8. The molecule has 2 heterocycles. The molecule has 1 fully saturated rings. The van der Waals surface area contributed by atoms with Gasteiger partial charge in [0.25, 0.3) is 0 Å². The van der Waals surface area contributed by atoms with Crippen LogP contribution in [-0.2, 0) is 10.0 Å². The predicted octanol–water partition coefficient (Wildman–Crippen LogP) is 1.66. The molecule has 2 aromatic rings. The second kappa shape index (κ2) is 5.57. The van der Waals surface area contributed by atoms with Crippen LogP contribution in [0.25, 0.3) is 11.0 Å². The number of aromatic nitrogens is 2. The number of nitrogens with zero attached hydrogens (tertiary/aromatic N) is 1. The molecule has 0 spiro atoms.